The lowest BCUT2D eigenvalue weighted by molar-refractivity contribution is -0.140. The van der Waals surface area contributed by atoms with E-state index >= 15 is 0 Å². The first-order chi connectivity index (χ1) is 6.68. The molecule has 2 rings (SSSR count). The predicted octanol–water partition coefficient (Wildman–Crippen LogP) is 0.408. The lowest BCUT2D eigenvalue weighted by Crippen LogP contribution is -2.44. The highest BCUT2D eigenvalue weighted by Gasteiger charge is 2.38. The van der Waals surface area contributed by atoms with Gasteiger partial charge in [0.1, 0.15) is 5.78 Å². The Balaban J connectivity index is 2.07. The van der Waals surface area contributed by atoms with Gasteiger partial charge in [0, 0.05) is 24.7 Å². The van der Waals surface area contributed by atoms with E-state index in [1.165, 1.54) is 0 Å². The number of hydrogen-bond donors (Lipinski definition) is 1. The van der Waals surface area contributed by atoms with Crippen LogP contribution in [0.15, 0.2) is 0 Å². The van der Waals surface area contributed by atoms with Crippen LogP contribution in [-0.2, 0) is 14.4 Å². The average Bonchev–Trinajstić information content (AvgIpc) is 2.52. The zero-order chi connectivity index (χ0) is 10.1. The van der Waals surface area contributed by atoms with E-state index in [9.17, 15) is 14.4 Å². The summed E-state index contributed by atoms with van der Waals surface area (Å²) in [6.45, 7) is 0. The van der Waals surface area contributed by atoms with Crippen molar-refractivity contribution in [2.75, 3.05) is 0 Å². The maximum atomic E-state index is 11.5. The molecule has 0 aromatic heterocycles. The first kappa shape index (κ1) is 9.37. The Labute approximate surface area is 82.0 Å². The summed E-state index contributed by atoms with van der Waals surface area (Å²) in [5, 5.41) is 2.30. The van der Waals surface area contributed by atoms with E-state index in [0.29, 0.717) is 19.3 Å². The average molecular weight is 195 g/mol. The van der Waals surface area contributed by atoms with E-state index in [1.54, 1.807) is 0 Å². The van der Waals surface area contributed by atoms with Crippen LogP contribution in [0.3, 0.4) is 0 Å². The number of nitrogens with one attached hydrogen (secondary N) is 1. The second-order valence-corrected chi connectivity index (χ2v) is 4.02. The highest BCUT2D eigenvalue weighted by molar-refractivity contribution is 6.01. The minimum atomic E-state index is -0.249. The molecule has 0 radical (unpaired) electrons. The van der Waals surface area contributed by atoms with Crippen LogP contribution >= 0.6 is 0 Å². The largest absolute Gasteiger partial charge is 0.299 e. The topological polar surface area (TPSA) is 63.2 Å². The van der Waals surface area contributed by atoms with Gasteiger partial charge >= 0.3 is 0 Å². The Morgan fingerprint density at radius 1 is 1.00 bits per heavy atom. The van der Waals surface area contributed by atoms with Gasteiger partial charge in [0.25, 0.3) is 0 Å². The first-order valence-corrected chi connectivity index (χ1v) is 5.05. The van der Waals surface area contributed by atoms with E-state index in [2.05, 4.69) is 5.32 Å². The monoisotopic (exact) mass is 195 g/mol. The summed E-state index contributed by atoms with van der Waals surface area (Å²) in [4.78, 5) is 33.8. The molecule has 0 aromatic rings. The van der Waals surface area contributed by atoms with Gasteiger partial charge < -0.3 is 0 Å². The van der Waals surface area contributed by atoms with E-state index in [4.69, 9.17) is 0 Å². The van der Waals surface area contributed by atoms with Crippen molar-refractivity contribution in [2.45, 2.75) is 32.1 Å². The fraction of sp³-hybridized carbons (Fsp3) is 0.700. The van der Waals surface area contributed by atoms with Crippen LogP contribution in [0.5, 0.6) is 0 Å². The Hall–Kier alpha value is -1.19. The standard InChI is InChI=1S/C10H13NO3/c12-8-3-1-2-6(8)7-4-5-9(13)11-10(7)14/h6-7H,1-5H2,(H,11,13,14). The highest BCUT2D eigenvalue weighted by atomic mass is 16.2. The van der Waals surface area contributed by atoms with Crippen molar-refractivity contribution in [3.05, 3.63) is 0 Å². The van der Waals surface area contributed by atoms with E-state index in [1.807, 2.05) is 0 Å². The molecule has 14 heavy (non-hydrogen) atoms. The number of amides is 2. The Bertz CT molecular complexity index is 298. The van der Waals surface area contributed by atoms with Crippen molar-refractivity contribution >= 4 is 17.6 Å². The van der Waals surface area contributed by atoms with Gasteiger partial charge in [0.2, 0.25) is 11.8 Å². The molecule has 2 aliphatic rings. The molecule has 4 nitrogen and oxygen atoms in total. The third-order valence-electron chi connectivity index (χ3n) is 3.12. The SMILES string of the molecule is O=C1CCC(C2CCCC2=O)C(=O)N1. The first-order valence-electron chi connectivity index (χ1n) is 5.05. The Morgan fingerprint density at radius 2 is 1.79 bits per heavy atom. The van der Waals surface area contributed by atoms with Crippen molar-refractivity contribution in [3.63, 3.8) is 0 Å². The number of piperidine rings is 1. The molecule has 0 aromatic carbocycles. The minimum Gasteiger partial charge on any atom is -0.299 e. The third kappa shape index (κ3) is 1.56. The molecule has 2 amide bonds. The Morgan fingerprint density at radius 3 is 2.36 bits per heavy atom. The normalized spacial score (nSPS) is 33.3. The van der Waals surface area contributed by atoms with Gasteiger partial charge in [-0.3, -0.25) is 19.7 Å². The fourth-order valence-electron chi connectivity index (χ4n) is 2.36. The van der Waals surface area contributed by atoms with Gasteiger partial charge in [0.05, 0.1) is 0 Å². The van der Waals surface area contributed by atoms with Crippen molar-refractivity contribution in [1.29, 1.82) is 0 Å². The maximum absolute atomic E-state index is 11.5. The number of Topliss-reactive ketones (excluding diaryl/α,β-unsaturated/α-hetero) is 1. The molecule has 1 saturated carbocycles. The van der Waals surface area contributed by atoms with Gasteiger partial charge in [-0.2, -0.15) is 0 Å². The number of ketones is 1. The number of carbonyl (C=O) groups is 3. The number of imide groups is 1. The molecule has 0 spiro atoms. The molecule has 0 bridgehead atoms. The second-order valence-electron chi connectivity index (χ2n) is 4.02. The van der Waals surface area contributed by atoms with E-state index in [-0.39, 0.29) is 29.4 Å². The van der Waals surface area contributed by atoms with Crippen LogP contribution in [0.25, 0.3) is 0 Å². The van der Waals surface area contributed by atoms with E-state index < -0.39 is 0 Å². The number of rotatable bonds is 1. The minimum absolute atomic E-state index is 0.122. The number of hydrogen-bond acceptors (Lipinski definition) is 3. The van der Waals surface area contributed by atoms with Gasteiger partial charge in [-0.15, -0.1) is 0 Å². The van der Waals surface area contributed by atoms with Crippen molar-refractivity contribution in [3.8, 4) is 0 Å². The molecule has 2 unspecified atom stereocenters. The maximum Gasteiger partial charge on any atom is 0.230 e. The van der Waals surface area contributed by atoms with Crippen molar-refractivity contribution in [1.82, 2.24) is 5.32 Å². The molecular formula is C10H13NO3. The summed E-state index contributed by atoms with van der Waals surface area (Å²) in [6, 6.07) is 0. The quantitative estimate of drug-likeness (QED) is 0.616. The van der Waals surface area contributed by atoms with Crippen LogP contribution in [-0.4, -0.2) is 17.6 Å². The van der Waals surface area contributed by atoms with Gasteiger partial charge in [-0.25, -0.2) is 0 Å². The number of carbonyl (C=O) groups excluding carboxylic acids is 3. The van der Waals surface area contributed by atoms with Gasteiger partial charge in [-0.05, 0) is 19.3 Å². The van der Waals surface area contributed by atoms with E-state index in [0.717, 1.165) is 12.8 Å². The highest BCUT2D eigenvalue weighted by Crippen LogP contribution is 2.32. The summed E-state index contributed by atoms with van der Waals surface area (Å²) in [6.07, 6.45) is 3.22. The summed E-state index contributed by atoms with van der Waals surface area (Å²) >= 11 is 0. The lowest BCUT2D eigenvalue weighted by Gasteiger charge is -2.24. The molecule has 1 heterocycles. The molecule has 2 atom stereocenters. The van der Waals surface area contributed by atoms with Crippen LogP contribution in [0.2, 0.25) is 0 Å². The lowest BCUT2D eigenvalue weighted by atomic mass is 9.84. The van der Waals surface area contributed by atoms with Crippen LogP contribution in [0.1, 0.15) is 32.1 Å². The van der Waals surface area contributed by atoms with Crippen LogP contribution in [0.4, 0.5) is 0 Å². The van der Waals surface area contributed by atoms with Crippen molar-refractivity contribution in [2.24, 2.45) is 11.8 Å². The zero-order valence-corrected chi connectivity index (χ0v) is 7.91. The van der Waals surface area contributed by atoms with Gasteiger partial charge in [0.15, 0.2) is 0 Å². The summed E-state index contributed by atoms with van der Waals surface area (Å²) in [5.41, 5.74) is 0. The molecule has 1 aliphatic heterocycles. The molecule has 76 valence electrons. The molecule has 1 saturated heterocycles. The second kappa shape index (κ2) is 3.52. The summed E-state index contributed by atoms with van der Waals surface area (Å²) < 4.78 is 0. The predicted molar refractivity (Wildman–Crippen MR) is 48.2 cm³/mol. The van der Waals surface area contributed by atoms with Gasteiger partial charge in [-0.1, -0.05) is 0 Å². The molecule has 4 heteroatoms. The molecule has 1 aliphatic carbocycles. The van der Waals surface area contributed by atoms with Crippen LogP contribution in [0, 0.1) is 11.8 Å². The molecule has 2 fully saturated rings. The molecular weight excluding hydrogens is 182 g/mol. The summed E-state index contributed by atoms with van der Waals surface area (Å²) in [5.74, 6) is -0.636. The van der Waals surface area contributed by atoms with Crippen molar-refractivity contribution < 1.29 is 14.4 Å². The third-order valence-corrected chi connectivity index (χ3v) is 3.12. The fourth-order valence-corrected chi connectivity index (χ4v) is 2.36. The summed E-state index contributed by atoms with van der Waals surface area (Å²) in [7, 11) is 0. The van der Waals surface area contributed by atoms with Crippen LogP contribution < -0.4 is 5.32 Å². The Kier molecular flexibility index (Phi) is 2.35. The molecule has 1 N–H and O–H groups in total. The smallest absolute Gasteiger partial charge is 0.230 e. The zero-order valence-electron chi connectivity index (χ0n) is 7.91.